The van der Waals surface area contributed by atoms with Crippen LogP contribution in [0.4, 0.5) is 5.95 Å². The van der Waals surface area contributed by atoms with Gasteiger partial charge < -0.3 is 10.2 Å². The number of hydrogen-bond acceptors (Lipinski definition) is 5. The minimum Gasteiger partial charge on any atom is -0.352 e. The fourth-order valence-corrected chi connectivity index (χ4v) is 2.78. The number of carbonyl (C=O) groups is 1. The summed E-state index contributed by atoms with van der Waals surface area (Å²) in [5.74, 6) is 0.687. The van der Waals surface area contributed by atoms with Crippen molar-refractivity contribution in [2.45, 2.75) is 27.3 Å². The zero-order chi connectivity index (χ0) is 21.0. The second-order valence-corrected chi connectivity index (χ2v) is 8.19. The van der Waals surface area contributed by atoms with Gasteiger partial charge in [0.15, 0.2) is 0 Å². The van der Waals surface area contributed by atoms with Crippen LogP contribution in [-0.4, -0.2) is 35.0 Å². The molecular weight excluding hydrogens is 362 g/mol. The van der Waals surface area contributed by atoms with Gasteiger partial charge in [0.05, 0.1) is 5.69 Å². The second-order valence-electron chi connectivity index (χ2n) is 8.19. The number of hydrogen-bond donors (Lipinski definition) is 1. The summed E-state index contributed by atoms with van der Waals surface area (Å²) < 4.78 is 0. The smallest absolute Gasteiger partial charge is 0.225 e. The lowest BCUT2D eigenvalue weighted by Gasteiger charge is -2.18. The van der Waals surface area contributed by atoms with Gasteiger partial charge >= 0.3 is 0 Å². The predicted molar refractivity (Wildman–Crippen MR) is 116 cm³/mol. The Bertz CT molecular complexity index is 976. The standard InChI is InChI=1S/C23H27N5O/c1-23(2,3)21(29)25-14-16-6-8-18(9-7-16)20-19(17-10-12-24-13-11-17)15-26-22(27-20)28(4)5/h6-13,15H,14H2,1-5H3,(H,25,29). The lowest BCUT2D eigenvalue weighted by Crippen LogP contribution is -2.34. The van der Waals surface area contributed by atoms with Gasteiger partial charge in [-0.15, -0.1) is 0 Å². The van der Waals surface area contributed by atoms with Crippen LogP contribution in [-0.2, 0) is 11.3 Å². The molecule has 1 aromatic carbocycles. The Morgan fingerprint density at radius 1 is 1.00 bits per heavy atom. The van der Waals surface area contributed by atoms with Gasteiger partial charge in [-0.1, -0.05) is 45.0 Å². The largest absolute Gasteiger partial charge is 0.352 e. The zero-order valence-corrected chi connectivity index (χ0v) is 17.6. The van der Waals surface area contributed by atoms with Gasteiger partial charge in [0, 0.05) is 55.8 Å². The van der Waals surface area contributed by atoms with E-state index in [1.165, 1.54) is 0 Å². The van der Waals surface area contributed by atoms with Gasteiger partial charge in [0.2, 0.25) is 11.9 Å². The molecule has 0 spiro atoms. The van der Waals surface area contributed by atoms with E-state index in [1.54, 1.807) is 12.4 Å². The zero-order valence-electron chi connectivity index (χ0n) is 17.6. The van der Waals surface area contributed by atoms with E-state index >= 15 is 0 Å². The number of rotatable bonds is 5. The van der Waals surface area contributed by atoms with E-state index in [0.29, 0.717) is 12.5 Å². The van der Waals surface area contributed by atoms with E-state index in [2.05, 4.69) is 15.3 Å². The third-order valence-corrected chi connectivity index (χ3v) is 4.53. The van der Waals surface area contributed by atoms with Crippen molar-refractivity contribution < 1.29 is 4.79 Å². The molecule has 1 N–H and O–H groups in total. The molecule has 0 fully saturated rings. The average molecular weight is 390 g/mol. The van der Waals surface area contributed by atoms with Crippen molar-refractivity contribution >= 4 is 11.9 Å². The first-order valence-corrected chi connectivity index (χ1v) is 9.58. The monoisotopic (exact) mass is 389 g/mol. The number of benzene rings is 1. The molecular formula is C23H27N5O. The second kappa shape index (κ2) is 8.39. The molecule has 0 aliphatic heterocycles. The van der Waals surface area contributed by atoms with Crippen LogP contribution in [0.2, 0.25) is 0 Å². The first-order chi connectivity index (χ1) is 13.8. The van der Waals surface area contributed by atoms with Crippen molar-refractivity contribution in [3.8, 4) is 22.4 Å². The highest BCUT2D eigenvalue weighted by molar-refractivity contribution is 5.82. The van der Waals surface area contributed by atoms with E-state index in [-0.39, 0.29) is 5.91 Å². The van der Waals surface area contributed by atoms with E-state index in [9.17, 15) is 4.79 Å². The van der Waals surface area contributed by atoms with E-state index < -0.39 is 5.41 Å². The lowest BCUT2D eigenvalue weighted by molar-refractivity contribution is -0.128. The van der Waals surface area contributed by atoms with Crippen molar-refractivity contribution in [2.24, 2.45) is 5.41 Å². The van der Waals surface area contributed by atoms with Crippen LogP contribution in [0.25, 0.3) is 22.4 Å². The predicted octanol–water partition coefficient (Wildman–Crippen LogP) is 3.93. The van der Waals surface area contributed by atoms with Crippen molar-refractivity contribution in [2.75, 3.05) is 19.0 Å². The summed E-state index contributed by atoms with van der Waals surface area (Å²) in [6.07, 6.45) is 5.38. The maximum Gasteiger partial charge on any atom is 0.225 e. The van der Waals surface area contributed by atoms with Crippen LogP contribution in [0.15, 0.2) is 55.0 Å². The topological polar surface area (TPSA) is 71.0 Å². The molecule has 150 valence electrons. The molecule has 1 amide bonds. The molecule has 0 saturated heterocycles. The maximum atomic E-state index is 12.1. The third kappa shape index (κ3) is 4.96. The Balaban J connectivity index is 1.91. The Morgan fingerprint density at radius 3 is 2.24 bits per heavy atom. The molecule has 0 bridgehead atoms. The minimum atomic E-state index is -0.400. The molecule has 0 unspecified atom stereocenters. The van der Waals surface area contributed by atoms with Gasteiger partial charge in [0.25, 0.3) is 0 Å². The Kier molecular flexibility index (Phi) is 5.92. The molecule has 6 nitrogen and oxygen atoms in total. The highest BCUT2D eigenvalue weighted by Crippen LogP contribution is 2.31. The molecule has 0 aliphatic carbocycles. The molecule has 2 aromatic heterocycles. The number of anilines is 1. The van der Waals surface area contributed by atoms with Crippen LogP contribution in [0.1, 0.15) is 26.3 Å². The maximum absolute atomic E-state index is 12.1. The molecule has 0 saturated carbocycles. The highest BCUT2D eigenvalue weighted by atomic mass is 16.2. The molecule has 0 atom stereocenters. The molecule has 6 heteroatoms. The number of nitrogens with one attached hydrogen (secondary N) is 1. The summed E-state index contributed by atoms with van der Waals surface area (Å²) in [5, 5.41) is 2.98. The van der Waals surface area contributed by atoms with E-state index in [0.717, 1.165) is 27.9 Å². The number of aromatic nitrogens is 3. The Labute approximate surface area is 172 Å². The summed E-state index contributed by atoms with van der Waals surface area (Å²) >= 11 is 0. The van der Waals surface area contributed by atoms with Gasteiger partial charge in [-0.25, -0.2) is 9.97 Å². The number of carbonyl (C=O) groups excluding carboxylic acids is 1. The Hall–Kier alpha value is -3.28. The van der Waals surface area contributed by atoms with Gasteiger partial charge in [-0.05, 0) is 23.3 Å². The summed E-state index contributed by atoms with van der Waals surface area (Å²) in [4.78, 5) is 27.3. The molecule has 29 heavy (non-hydrogen) atoms. The third-order valence-electron chi connectivity index (χ3n) is 4.53. The van der Waals surface area contributed by atoms with E-state index in [4.69, 9.17) is 4.98 Å². The molecule has 3 rings (SSSR count). The minimum absolute atomic E-state index is 0.0352. The van der Waals surface area contributed by atoms with Crippen LogP contribution in [0.5, 0.6) is 0 Å². The number of nitrogens with zero attached hydrogens (tertiary/aromatic N) is 4. The number of pyridine rings is 1. The summed E-state index contributed by atoms with van der Waals surface area (Å²) in [6.45, 7) is 6.22. The normalized spacial score (nSPS) is 11.2. The fraction of sp³-hybridized carbons (Fsp3) is 0.304. The average Bonchev–Trinajstić information content (AvgIpc) is 2.72. The quantitative estimate of drug-likeness (QED) is 0.716. The van der Waals surface area contributed by atoms with Crippen molar-refractivity contribution in [3.63, 3.8) is 0 Å². The Morgan fingerprint density at radius 2 is 1.66 bits per heavy atom. The highest BCUT2D eigenvalue weighted by Gasteiger charge is 2.20. The summed E-state index contributed by atoms with van der Waals surface area (Å²) in [5.41, 5.74) is 4.46. The summed E-state index contributed by atoms with van der Waals surface area (Å²) in [6, 6.07) is 12.0. The first kappa shape index (κ1) is 20.5. The van der Waals surface area contributed by atoms with Crippen LogP contribution < -0.4 is 10.2 Å². The SMILES string of the molecule is CN(C)c1ncc(-c2ccncc2)c(-c2ccc(CNC(=O)C(C)(C)C)cc2)n1. The molecule has 0 aliphatic rings. The first-order valence-electron chi connectivity index (χ1n) is 9.58. The van der Waals surface area contributed by atoms with Gasteiger partial charge in [-0.2, -0.15) is 0 Å². The van der Waals surface area contributed by atoms with Crippen LogP contribution in [0.3, 0.4) is 0 Å². The molecule has 2 heterocycles. The van der Waals surface area contributed by atoms with Crippen molar-refractivity contribution in [1.82, 2.24) is 20.3 Å². The van der Waals surface area contributed by atoms with Crippen molar-refractivity contribution in [3.05, 3.63) is 60.6 Å². The van der Waals surface area contributed by atoms with Crippen LogP contribution in [0, 0.1) is 5.41 Å². The number of amides is 1. The summed E-state index contributed by atoms with van der Waals surface area (Å²) in [7, 11) is 3.85. The van der Waals surface area contributed by atoms with E-state index in [1.807, 2.05) is 82.4 Å². The van der Waals surface area contributed by atoms with Gasteiger partial charge in [0.1, 0.15) is 0 Å². The molecule has 0 radical (unpaired) electrons. The molecule has 3 aromatic rings. The van der Waals surface area contributed by atoms with Gasteiger partial charge in [-0.3, -0.25) is 9.78 Å². The van der Waals surface area contributed by atoms with Crippen molar-refractivity contribution in [1.29, 1.82) is 0 Å². The fourth-order valence-electron chi connectivity index (χ4n) is 2.78. The lowest BCUT2D eigenvalue weighted by atomic mass is 9.95. The van der Waals surface area contributed by atoms with Crippen LogP contribution >= 0.6 is 0 Å².